The van der Waals surface area contributed by atoms with Gasteiger partial charge in [-0.2, -0.15) is 20.1 Å². The summed E-state index contributed by atoms with van der Waals surface area (Å²) >= 11 is 2.25. The van der Waals surface area contributed by atoms with Crippen molar-refractivity contribution >= 4 is 46.7 Å². The maximum Gasteiger partial charge on any atom is 0.250 e. The average Bonchev–Trinajstić information content (AvgIpc) is 3.68. The lowest BCUT2D eigenvalue weighted by Gasteiger charge is -2.20. The minimum absolute atomic E-state index is 0.397. The molecular weight excluding hydrogens is 609 g/mol. The first-order valence-corrected chi connectivity index (χ1v) is 14.4. The Morgan fingerprint density at radius 2 is 1.54 bits per heavy atom. The van der Waals surface area contributed by atoms with E-state index in [0.717, 1.165) is 72.3 Å². The second kappa shape index (κ2) is 13.1. The molecule has 0 aliphatic carbocycles. The first-order valence-electron chi connectivity index (χ1n) is 13.3. The lowest BCUT2D eigenvalue weighted by Crippen LogP contribution is -2.25. The predicted octanol–water partition coefficient (Wildman–Crippen LogP) is 4.90. The van der Waals surface area contributed by atoms with Crippen LogP contribution in [0.4, 0.5) is 17.8 Å². The van der Waals surface area contributed by atoms with Crippen molar-refractivity contribution in [2.45, 2.75) is 32.6 Å². The highest BCUT2D eigenvalue weighted by Gasteiger charge is 2.21. The van der Waals surface area contributed by atoms with Crippen molar-refractivity contribution in [3.05, 3.63) is 51.1 Å². The molecule has 0 saturated carbocycles. The van der Waals surface area contributed by atoms with E-state index < -0.39 is 0 Å². The Morgan fingerprint density at radius 3 is 2.18 bits per heavy atom. The number of methoxy groups -OCH3 is 1. The topological polar surface area (TPSA) is 97.2 Å². The Morgan fingerprint density at radius 1 is 0.897 bits per heavy atom. The van der Waals surface area contributed by atoms with E-state index in [-0.39, 0.29) is 0 Å². The van der Waals surface area contributed by atoms with Gasteiger partial charge < -0.3 is 24.0 Å². The Hall–Kier alpha value is -3.35. The molecule has 3 aromatic rings. The minimum atomic E-state index is 0.397. The molecule has 0 atom stereocenters. The van der Waals surface area contributed by atoms with Crippen LogP contribution in [0.15, 0.2) is 41.5 Å². The van der Waals surface area contributed by atoms with E-state index in [9.17, 15) is 0 Å². The summed E-state index contributed by atoms with van der Waals surface area (Å²) < 4.78 is 18.4. The zero-order valence-corrected chi connectivity index (χ0v) is 24.6. The monoisotopic (exact) mass is 643 g/mol. The highest BCUT2D eigenvalue weighted by molar-refractivity contribution is 14.1. The van der Waals surface area contributed by atoms with Gasteiger partial charge in [0.2, 0.25) is 17.8 Å². The molecule has 0 unspecified atom stereocenters. The Bertz CT molecular complexity index is 1260. The van der Waals surface area contributed by atoms with Crippen LogP contribution < -0.4 is 29.4 Å². The van der Waals surface area contributed by atoms with Crippen LogP contribution in [0.5, 0.6) is 17.2 Å². The minimum Gasteiger partial charge on any atom is -0.493 e. The summed E-state index contributed by atoms with van der Waals surface area (Å²) in [6.45, 7) is 6.73. The van der Waals surface area contributed by atoms with E-state index >= 15 is 0 Å². The molecule has 0 radical (unpaired) electrons. The SMILES string of the molecule is COc1cc(/C=N/Nc2nc(N3CCCC3)nc(N3CCCC3)n2)cc(I)c1OCCOc1ccccc1C. The maximum atomic E-state index is 6.02. The zero-order valence-electron chi connectivity index (χ0n) is 22.4. The van der Waals surface area contributed by atoms with Crippen LogP contribution in [0.1, 0.15) is 36.8 Å². The van der Waals surface area contributed by atoms with Crippen LogP contribution in [0.25, 0.3) is 0 Å². The van der Waals surface area contributed by atoms with E-state index in [2.05, 4.69) is 52.9 Å². The Labute approximate surface area is 242 Å². The highest BCUT2D eigenvalue weighted by Crippen LogP contribution is 2.33. The number of halogens is 1. The fourth-order valence-corrected chi connectivity index (χ4v) is 5.43. The molecule has 2 aliphatic heterocycles. The van der Waals surface area contributed by atoms with E-state index in [0.29, 0.717) is 42.6 Å². The van der Waals surface area contributed by atoms with Gasteiger partial charge in [-0.15, -0.1) is 0 Å². The highest BCUT2D eigenvalue weighted by atomic mass is 127. The van der Waals surface area contributed by atoms with Crippen LogP contribution in [-0.4, -0.2) is 67.7 Å². The molecule has 206 valence electrons. The molecule has 2 saturated heterocycles. The summed E-state index contributed by atoms with van der Waals surface area (Å²) in [4.78, 5) is 18.5. The number of hydrazone groups is 1. The number of para-hydroxylation sites is 1. The lowest BCUT2D eigenvalue weighted by atomic mass is 10.2. The van der Waals surface area contributed by atoms with Gasteiger partial charge in [-0.25, -0.2) is 5.43 Å². The van der Waals surface area contributed by atoms with E-state index in [1.54, 1.807) is 13.3 Å². The van der Waals surface area contributed by atoms with Crippen LogP contribution in [0, 0.1) is 10.5 Å². The number of ether oxygens (including phenoxy) is 3. The van der Waals surface area contributed by atoms with Gasteiger partial charge in [0.05, 0.1) is 16.9 Å². The van der Waals surface area contributed by atoms with Crippen LogP contribution >= 0.6 is 22.6 Å². The largest absolute Gasteiger partial charge is 0.493 e. The lowest BCUT2D eigenvalue weighted by molar-refractivity contribution is 0.209. The molecule has 2 aromatic carbocycles. The van der Waals surface area contributed by atoms with E-state index in [1.807, 2.05) is 43.3 Å². The van der Waals surface area contributed by atoms with Gasteiger partial charge in [-0.05, 0) is 84.5 Å². The van der Waals surface area contributed by atoms with Gasteiger partial charge in [0.15, 0.2) is 11.5 Å². The molecule has 5 rings (SSSR count). The van der Waals surface area contributed by atoms with Crippen molar-refractivity contribution in [2.24, 2.45) is 5.10 Å². The first-order chi connectivity index (χ1) is 19.1. The van der Waals surface area contributed by atoms with Crippen LogP contribution in [-0.2, 0) is 0 Å². The van der Waals surface area contributed by atoms with Gasteiger partial charge in [0, 0.05) is 26.2 Å². The first kappa shape index (κ1) is 27.2. The number of nitrogens with zero attached hydrogens (tertiary/aromatic N) is 6. The van der Waals surface area contributed by atoms with Crippen molar-refractivity contribution < 1.29 is 14.2 Å². The number of aryl methyl sites for hydroxylation is 1. The zero-order chi connectivity index (χ0) is 27.0. The van der Waals surface area contributed by atoms with Gasteiger partial charge in [-0.3, -0.25) is 0 Å². The number of nitrogens with one attached hydrogen (secondary N) is 1. The summed E-state index contributed by atoms with van der Waals surface area (Å²) in [6, 6.07) is 11.8. The smallest absolute Gasteiger partial charge is 0.250 e. The quantitative estimate of drug-likeness (QED) is 0.136. The summed E-state index contributed by atoms with van der Waals surface area (Å²) in [6.07, 6.45) is 6.36. The third kappa shape index (κ3) is 7.00. The number of hydrogen-bond acceptors (Lipinski definition) is 10. The van der Waals surface area contributed by atoms with Crippen molar-refractivity contribution in [3.8, 4) is 17.2 Å². The van der Waals surface area contributed by atoms with Crippen LogP contribution in [0.2, 0.25) is 0 Å². The summed E-state index contributed by atoms with van der Waals surface area (Å²) in [7, 11) is 1.63. The molecule has 1 N–H and O–H groups in total. The molecule has 3 heterocycles. The molecule has 11 heteroatoms. The molecule has 0 amide bonds. The third-order valence-corrected chi connectivity index (χ3v) is 7.50. The fourth-order valence-electron chi connectivity index (χ4n) is 4.65. The normalized spacial score (nSPS) is 15.3. The van der Waals surface area contributed by atoms with E-state index in [4.69, 9.17) is 19.2 Å². The number of rotatable bonds is 11. The van der Waals surface area contributed by atoms with Gasteiger partial charge in [-0.1, -0.05) is 18.2 Å². The van der Waals surface area contributed by atoms with Crippen molar-refractivity contribution in [2.75, 3.05) is 61.7 Å². The summed E-state index contributed by atoms with van der Waals surface area (Å²) in [5.74, 6) is 4.05. The molecule has 10 nitrogen and oxygen atoms in total. The molecule has 1 aromatic heterocycles. The maximum absolute atomic E-state index is 6.02. The third-order valence-electron chi connectivity index (χ3n) is 6.70. The molecule has 2 aliphatic rings. The fraction of sp³-hybridized carbons (Fsp3) is 0.429. The Kier molecular flexibility index (Phi) is 9.17. The number of anilines is 3. The van der Waals surface area contributed by atoms with Crippen molar-refractivity contribution in [1.29, 1.82) is 0 Å². The van der Waals surface area contributed by atoms with Gasteiger partial charge >= 0.3 is 0 Å². The number of aromatic nitrogens is 3. The Balaban J connectivity index is 1.24. The van der Waals surface area contributed by atoms with Crippen molar-refractivity contribution in [1.82, 2.24) is 15.0 Å². The number of hydrogen-bond donors (Lipinski definition) is 1. The number of benzene rings is 2. The van der Waals surface area contributed by atoms with Gasteiger partial charge in [0.1, 0.15) is 19.0 Å². The van der Waals surface area contributed by atoms with E-state index in [1.165, 1.54) is 0 Å². The second-order valence-corrected chi connectivity index (χ2v) is 10.7. The van der Waals surface area contributed by atoms with Crippen molar-refractivity contribution in [3.63, 3.8) is 0 Å². The molecule has 39 heavy (non-hydrogen) atoms. The molecule has 2 fully saturated rings. The molecule has 0 bridgehead atoms. The van der Waals surface area contributed by atoms with Gasteiger partial charge in [0.25, 0.3) is 0 Å². The average molecular weight is 644 g/mol. The molecule has 0 spiro atoms. The predicted molar refractivity (Wildman–Crippen MR) is 162 cm³/mol. The molecular formula is C28H34IN7O3. The van der Waals surface area contributed by atoms with Crippen LogP contribution in [0.3, 0.4) is 0 Å². The standard InChI is InChI=1S/C28H34IN7O3/c1-20-9-3-4-10-23(20)38-15-16-39-25-22(29)17-21(18-24(25)37-2)19-30-34-26-31-27(35-11-5-6-12-35)33-28(32-26)36-13-7-8-14-36/h3-4,9-10,17-19H,5-8,11-16H2,1-2H3,(H,31,32,33,34)/b30-19+. The summed E-state index contributed by atoms with van der Waals surface area (Å²) in [5, 5.41) is 4.43. The summed E-state index contributed by atoms with van der Waals surface area (Å²) in [5.41, 5.74) is 4.98. The second-order valence-electron chi connectivity index (χ2n) is 9.51.